The Hall–Kier alpha value is -1.65. The summed E-state index contributed by atoms with van der Waals surface area (Å²) in [6.07, 6.45) is 6.64. The maximum Gasteiger partial charge on any atom is 0.246 e. The number of benzene rings is 1. The SMILES string of the molecule is CN1CCC[C@]2(CO)CCN(C(=O)/C=C/c3ccccc3)C[C@@H]12. The number of carbonyl (C=O) groups excluding carboxylic acids is 1. The summed E-state index contributed by atoms with van der Waals surface area (Å²) in [7, 11) is 2.11. The van der Waals surface area contributed by atoms with Crippen LogP contribution in [0, 0.1) is 5.41 Å². The predicted molar refractivity (Wildman–Crippen MR) is 91.8 cm³/mol. The third-order valence-corrected chi connectivity index (χ3v) is 5.54. The molecule has 124 valence electrons. The number of aliphatic hydroxyl groups excluding tert-OH is 1. The number of carbonyl (C=O) groups is 1. The van der Waals surface area contributed by atoms with E-state index in [9.17, 15) is 9.90 Å². The molecule has 0 bridgehead atoms. The van der Waals surface area contributed by atoms with E-state index in [1.165, 1.54) is 0 Å². The van der Waals surface area contributed by atoms with Crippen molar-refractivity contribution in [1.82, 2.24) is 9.80 Å². The van der Waals surface area contributed by atoms with Crippen molar-refractivity contribution in [2.24, 2.45) is 5.41 Å². The summed E-state index contributed by atoms with van der Waals surface area (Å²) < 4.78 is 0. The fourth-order valence-electron chi connectivity index (χ4n) is 4.05. The quantitative estimate of drug-likeness (QED) is 0.868. The molecule has 4 nitrogen and oxygen atoms in total. The summed E-state index contributed by atoms with van der Waals surface area (Å²) in [5, 5.41) is 9.93. The maximum absolute atomic E-state index is 12.5. The molecule has 0 aromatic heterocycles. The molecule has 2 fully saturated rings. The van der Waals surface area contributed by atoms with Crippen molar-refractivity contribution in [3.63, 3.8) is 0 Å². The molecule has 3 rings (SSSR count). The molecule has 2 aliphatic rings. The van der Waals surface area contributed by atoms with E-state index in [1.54, 1.807) is 6.08 Å². The van der Waals surface area contributed by atoms with Crippen LogP contribution in [-0.2, 0) is 4.79 Å². The highest BCUT2D eigenvalue weighted by Crippen LogP contribution is 2.41. The van der Waals surface area contributed by atoms with Gasteiger partial charge in [0.25, 0.3) is 0 Å². The molecule has 1 aromatic carbocycles. The summed E-state index contributed by atoms with van der Waals surface area (Å²) in [4.78, 5) is 16.8. The highest BCUT2D eigenvalue weighted by molar-refractivity contribution is 5.91. The topological polar surface area (TPSA) is 43.8 Å². The highest BCUT2D eigenvalue weighted by atomic mass is 16.3. The van der Waals surface area contributed by atoms with Crippen molar-refractivity contribution in [2.45, 2.75) is 25.3 Å². The van der Waals surface area contributed by atoms with Gasteiger partial charge in [0, 0.05) is 30.6 Å². The number of aliphatic hydroxyl groups is 1. The number of piperidine rings is 2. The molecule has 1 N–H and O–H groups in total. The van der Waals surface area contributed by atoms with Gasteiger partial charge in [0.15, 0.2) is 0 Å². The molecule has 2 aliphatic heterocycles. The average molecular weight is 314 g/mol. The van der Waals surface area contributed by atoms with Crippen molar-refractivity contribution in [3.05, 3.63) is 42.0 Å². The van der Waals surface area contributed by atoms with Gasteiger partial charge in [-0.3, -0.25) is 4.79 Å². The Morgan fingerprint density at radius 2 is 2.09 bits per heavy atom. The normalized spacial score (nSPS) is 28.8. The second kappa shape index (κ2) is 6.85. The molecule has 0 saturated carbocycles. The zero-order chi connectivity index (χ0) is 16.3. The van der Waals surface area contributed by atoms with Crippen LogP contribution in [0.2, 0.25) is 0 Å². The number of hydrogen-bond donors (Lipinski definition) is 1. The number of likely N-dealkylation sites (tertiary alicyclic amines) is 2. The first-order valence-electron chi connectivity index (χ1n) is 8.48. The lowest BCUT2D eigenvalue weighted by Crippen LogP contribution is -2.62. The lowest BCUT2D eigenvalue weighted by Gasteiger charge is -2.53. The minimum absolute atomic E-state index is 0.0209. The van der Waals surface area contributed by atoms with Crippen LogP contribution in [0.1, 0.15) is 24.8 Å². The lowest BCUT2D eigenvalue weighted by atomic mass is 9.69. The fraction of sp³-hybridized carbons (Fsp3) is 0.526. The molecule has 4 heteroatoms. The van der Waals surface area contributed by atoms with E-state index in [0.717, 1.165) is 44.5 Å². The number of rotatable bonds is 3. The van der Waals surface area contributed by atoms with Crippen LogP contribution in [0.3, 0.4) is 0 Å². The maximum atomic E-state index is 12.5. The van der Waals surface area contributed by atoms with Crippen molar-refractivity contribution in [2.75, 3.05) is 33.3 Å². The Balaban J connectivity index is 1.68. The predicted octanol–water partition coefficient (Wildman–Crippen LogP) is 2.00. The van der Waals surface area contributed by atoms with E-state index < -0.39 is 0 Å². The van der Waals surface area contributed by atoms with Gasteiger partial charge in [0.1, 0.15) is 0 Å². The van der Waals surface area contributed by atoms with E-state index in [2.05, 4.69) is 11.9 Å². The fourth-order valence-corrected chi connectivity index (χ4v) is 4.05. The first-order chi connectivity index (χ1) is 11.1. The highest BCUT2D eigenvalue weighted by Gasteiger charge is 2.46. The summed E-state index contributed by atoms with van der Waals surface area (Å²) in [5.74, 6) is 0.0689. The molecule has 2 saturated heterocycles. The molecule has 2 atom stereocenters. The van der Waals surface area contributed by atoms with Crippen LogP contribution in [0.5, 0.6) is 0 Å². The standard InChI is InChI=1S/C19H26N2O2/c1-20-12-5-10-19(15-22)11-13-21(14-17(19)20)18(23)9-8-16-6-3-2-4-7-16/h2-4,6-9,17,22H,5,10-15H2,1H3/b9-8+/t17-,19-/m1/s1. The van der Waals surface area contributed by atoms with Gasteiger partial charge in [-0.15, -0.1) is 0 Å². The third-order valence-electron chi connectivity index (χ3n) is 5.54. The Morgan fingerprint density at radius 1 is 1.30 bits per heavy atom. The van der Waals surface area contributed by atoms with Crippen molar-refractivity contribution >= 4 is 12.0 Å². The molecule has 1 amide bonds. The average Bonchev–Trinajstić information content (AvgIpc) is 2.60. The number of hydrogen-bond acceptors (Lipinski definition) is 3. The van der Waals surface area contributed by atoms with Gasteiger partial charge in [-0.2, -0.15) is 0 Å². The van der Waals surface area contributed by atoms with Crippen molar-refractivity contribution in [1.29, 1.82) is 0 Å². The molecular formula is C19H26N2O2. The molecule has 0 aliphatic carbocycles. The van der Waals surface area contributed by atoms with E-state index >= 15 is 0 Å². The van der Waals surface area contributed by atoms with Crippen molar-refractivity contribution < 1.29 is 9.90 Å². The Labute approximate surface area is 138 Å². The number of nitrogens with zero attached hydrogens (tertiary/aromatic N) is 2. The molecule has 23 heavy (non-hydrogen) atoms. The smallest absolute Gasteiger partial charge is 0.246 e. The summed E-state index contributed by atoms with van der Waals surface area (Å²) >= 11 is 0. The Kier molecular flexibility index (Phi) is 4.83. The van der Waals surface area contributed by atoms with Crippen LogP contribution in [0.25, 0.3) is 6.08 Å². The third kappa shape index (κ3) is 3.33. The van der Waals surface area contributed by atoms with Crippen LogP contribution in [0.15, 0.2) is 36.4 Å². The second-order valence-corrected chi connectivity index (χ2v) is 6.90. The van der Waals surface area contributed by atoms with Crippen LogP contribution in [0.4, 0.5) is 0 Å². The van der Waals surface area contributed by atoms with Crippen LogP contribution >= 0.6 is 0 Å². The molecule has 0 radical (unpaired) electrons. The lowest BCUT2D eigenvalue weighted by molar-refractivity contribution is -0.134. The van der Waals surface area contributed by atoms with E-state index in [4.69, 9.17) is 0 Å². The number of amides is 1. The van der Waals surface area contributed by atoms with Crippen LogP contribution < -0.4 is 0 Å². The first-order valence-corrected chi connectivity index (χ1v) is 8.48. The number of fused-ring (bicyclic) bond motifs is 1. The van der Waals surface area contributed by atoms with E-state index in [0.29, 0.717) is 0 Å². The van der Waals surface area contributed by atoms with Gasteiger partial charge >= 0.3 is 0 Å². The zero-order valence-corrected chi connectivity index (χ0v) is 13.8. The summed E-state index contributed by atoms with van der Waals surface area (Å²) in [6, 6.07) is 10.2. The minimum Gasteiger partial charge on any atom is -0.396 e. The summed E-state index contributed by atoms with van der Waals surface area (Å²) in [6.45, 7) is 2.73. The van der Waals surface area contributed by atoms with Crippen molar-refractivity contribution in [3.8, 4) is 0 Å². The second-order valence-electron chi connectivity index (χ2n) is 6.90. The van der Waals surface area contributed by atoms with Gasteiger partial charge in [0.2, 0.25) is 5.91 Å². The Morgan fingerprint density at radius 3 is 2.83 bits per heavy atom. The molecule has 1 aromatic rings. The van der Waals surface area contributed by atoms with Gasteiger partial charge in [-0.1, -0.05) is 30.3 Å². The van der Waals surface area contributed by atoms with Crippen LogP contribution in [-0.4, -0.2) is 60.1 Å². The monoisotopic (exact) mass is 314 g/mol. The van der Waals surface area contributed by atoms with Gasteiger partial charge < -0.3 is 14.9 Å². The Bertz CT molecular complexity index is 572. The van der Waals surface area contributed by atoms with E-state index in [-0.39, 0.29) is 24.0 Å². The molecule has 0 spiro atoms. The van der Waals surface area contributed by atoms with Gasteiger partial charge in [0.05, 0.1) is 6.61 Å². The molecule has 0 unspecified atom stereocenters. The summed E-state index contributed by atoms with van der Waals surface area (Å²) in [5.41, 5.74) is 1.02. The molecule has 2 heterocycles. The first kappa shape index (κ1) is 16.2. The van der Waals surface area contributed by atoms with E-state index in [1.807, 2.05) is 41.3 Å². The molecular weight excluding hydrogens is 288 g/mol. The van der Waals surface area contributed by atoms with Gasteiger partial charge in [-0.05, 0) is 44.5 Å². The number of likely N-dealkylation sites (N-methyl/N-ethyl adjacent to an activating group) is 1. The van der Waals surface area contributed by atoms with Gasteiger partial charge in [-0.25, -0.2) is 0 Å². The minimum atomic E-state index is -0.0209. The largest absolute Gasteiger partial charge is 0.396 e. The zero-order valence-electron chi connectivity index (χ0n) is 13.8.